The molecule has 0 N–H and O–H groups in total. The number of nitrogens with zero attached hydrogens (tertiary/aromatic N) is 3. The molecule has 0 saturated heterocycles. The van der Waals surface area contributed by atoms with Crippen LogP contribution in [0.25, 0.3) is 0 Å². The van der Waals surface area contributed by atoms with E-state index in [0.717, 1.165) is 25.2 Å². The second-order valence-electron chi connectivity index (χ2n) is 5.28. The van der Waals surface area contributed by atoms with Gasteiger partial charge >= 0.3 is 0 Å². The van der Waals surface area contributed by atoms with Gasteiger partial charge in [-0.3, -0.25) is 9.69 Å². The molecule has 1 unspecified atom stereocenters. The molecule has 0 radical (unpaired) electrons. The Balaban J connectivity index is 2.00. The predicted octanol–water partition coefficient (Wildman–Crippen LogP) is 2.06. The summed E-state index contributed by atoms with van der Waals surface area (Å²) in [6.07, 6.45) is 0.933. The molecule has 1 aromatic rings. The molecule has 1 aliphatic heterocycles. The average Bonchev–Trinajstić information content (AvgIpc) is 2.90. The van der Waals surface area contributed by atoms with Crippen molar-refractivity contribution in [2.24, 2.45) is 5.92 Å². The van der Waals surface area contributed by atoms with Crippen LogP contribution in [0.5, 0.6) is 0 Å². The summed E-state index contributed by atoms with van der Waals surface area (Å²) in [5.74, 6) is 0.0792. The molecular formula is C16H21N3O. The van der Waals surface area contributed by atoms with Gasteiger partial charge in [-0.2, -0.15) is 5.26 Å². The highest BCUT2D eigenvalue weighted by atomic mass is 16.2. The van der Waals surface area contributed by atoms with Crippen LogP contribution < -0.4 is 4.90 Å². The molecule has 1 aliphatic rings. The first kappa shape index (κ1) is 14.5. The van der Waals surface area contributed by atoms with Crippen molar-refractivity contribution >= 4 is 11.6 Å². The number of anilines is 1. The van der Waals surface area contributed by atoms with Gasteiger partial charge in [0.15, 0.2) is 0 Å². The lowest BCUT2D eigenvalue weighted by molar-refractivity contribution is -0.119. The third-order valence-electron chi connectivity index (χ3n) is 3.75. The Labute approximate surface area is 120 Å². The van der Waals surface area contributed by atoms with E-state index in [1.54, 1.807) is 0 Å². The molecule has 4 nitrogen and oxygen atoms in total. The van der Waals surface area contributed by atoms with Gasteiger partial charge in [0, 0.05) is 18.8 Å². The summed E-state index contributed by atoms with van der Waals surface area (Å²) in [6, 6.07) is 10.3. The Kier molecular flexibility index (Phi) is 4.75. The quantitative estimate of drug-likeness (QED) is 0.823. The molecule has 1 aromatic carbocycles. The molecular weight excluding hydrogens is 250 g/mol. The third kappa shape index (κ3) is 3.17. The van der Waals surface area contributed by atoms with Crippen molar-refractivity contribution in [3.63, 3.8) is 0 Å². The minimum absolute atomic E-state index is 0.0476. The van der Waals surface area contributed by atoms with Crippen LogP contribution in [0.4, 0.5) is 5.69 Å². The van der Waals surface area contributed by atoms with Crippen LogP contribution in [-0.2, 0) is 11.2 Å². The topological polar surface area (TPSA) is 47.3 Å². The fraction of sp³-hybridized carbons (Fsp3) is 0.500. The lowest BCUT2D eigenvalue weighted by Crippen LogP contribution is -2.41. The Morgan fingerprint density at radius 1 is 1.50 bits per heavy atom. The minimum Gasteiger partial charge on any atom is -0.311 e. The van der Waals surface area contributed by atoms with Crippen LogP contribution in [0.2, 0.25) is 0 Å². The number of fused-ring (bicyclic) bond motifs is 1. The fourth-order valence-electron chi connectivity index (χ4n) is 2.61. The summed E-state index contributed by atoms with van der Waals surface area (Å²) >= 11 is 0. The van der Waals surface area contributed by atoms with Crippen molar-refractivity contribution in [2.45, 2.75) is 20.3 Å². The molecule has 0 spiro atoms. The van der Waals surface area contributed by atoms with E-state index in [-0.39, 0.29) is 11.8 Å². The number of carbonyl (C=O) groups excluding carboxylic acids is 1. The summed E-state index contributed by atoms with van der Waals surface area (Å²) < 4.78 is 0. The number of amides is 1. The Morgan fingerprint density at radius 3 is 2.95 bits per heavy atom. The molecule has 0 bridgehead atoms. The molecule has 20 heavy (non-hydrogen) atoms. The first-order chi connectivity index (χ1) is 9.65. The predicted molar refractivity (Wildman–Crippen MR) is 79.4 cm³/mol. The molecule has 0 aliphatic carbocycles. The Bertz CT molecular complexity index is 521. The van der Waals surface area contributed by atoms with Crippen LogP contribution in [0.1, 0.15) is 19.4 Å². The highest BCUT2D eigenvalue weighted by molar-refractivity contribution is 5.96. The molecule has 4 heteroatoms. The van der Waals surface area contributed by atoms with Gasteiger partial charge in [-0.05, 0) is 31.5 Å². The van der Waals surface area contributed by atoms with Crippen molar-refractivity contribution in [3.8, 4) is 6.07 Å². The largest absolute Gasteiger partial charge is 0.311 e. The second-order valence-corrected chi connectivity index (χ2v) is 5.28. The van der Waals surface area contributed by atoms with E-state index < -0.39 is 0 Å². The van der Waals surface area contributed by atoms with E-state index >= 15 is 0 Å². The number of benzene rings is 1. The summed E-state index contributed by atoms with van der Waals surface area (Å²) in [6.45, 7) is 6.50. The van der Waals surface area contributed by atoms with Gasteiger partial charge in [-0.1, -0.05) is 25.1 Å². The van der Waals surface area contributed by atoms with E-state index in [0.29, 0.717) is 13.1 Å². The number of para-hydroxylation sites is 1. The van der Waals surface area contributed by atoms with Crippen LogP contribution >= 0.6 is 0 Å². The normalized spacial score (nSPS) is 15.0. The first-order valence-corrected chi connectivity index (χ1v) is 7.16. The summed E-state index contributed by atoms with van der Waals surface area (Å²) in [7, 11) is 0. The molecule has 0 saturated carbocycles. The van der Waals surface area contributed by atoms with Crippen molar-refractivity contribution in [1.82, 2.24) is 4.90 Å². The SMILES string of the molecule is CCN(CC(=O)N1CCc2ccccc21)CC(C)C#N. The van der Waals surface area contributed by atoms with Gasteiger partial charge in [0.2, 0.25) is 5.91 Å². The van der Waals surface area contributed by atoms with Gasteiger partial charge < -0.3 is 4.90 Å². The van der Waals surface area contributed by atoms with Crippen molar-refractivity contribution in [3.05, 3.63) is 29.8 Å². The zero-order valence-electron chi connectivity index (χ0n) is 12.2. The second kappa shape index (κ2) is 6.53. The van der Waals surface area contributed by atoms with Crippen LogP contribution in [0.3, 0.4) is 0 Å². The standard InChI is InChI=1S/C16H21N3O/c1-3-18(11-13(2)10-17)12-16(20)19-9-8-14-6-4-5-7-15(14)19/h4-7,13H,3,8-9,11-12H2,1-2H3. The van der Waals surface area contributed by atoms with Gasteiger partial charge in [0.05, 0.1) is 18.5 Å². The smallest absolute Gasteiger partial charge is 0.241 e. The fourth-order valence-corrected chi connectivity index (χ4v) is 2.61. The molecule has 1 heterocycles. The average molecular weight is 271 g/mol. The van der Waals surface area contributed by atoms with E-state index in [1.807, 2.05) is 41.8 Å². The lowest BCUT2D eigenvalue weighted by Gasteiger charge is -2.24. The highest BCUT2D eigenvalue weighted by Crippen LogP contribution is 2.27. The van der Waals surface area contributed by atoms with E-state index in [9.17, 15) is 4.79 Å². The number of hydrogen-bond donors (Lipinski definition) is 0. The Hall–Kier alpha value is -1.86. The Morgan fingerprint density at radius 2 is 2.25 bits per heavy atom. The molecule has 1 atom stereocenters. The zero-order valence-corrected chi connectivity index (χ0v) is 12.2. The minimum atomic E-state index is -0.0476. The van der Waals surface area contributed by atoms with Crippen molar-refractivity contribution < 1.29 is 4.79 Å². The third-order valence-corrected chi connectivity index (χ3v) is 3.75. The van der Waals surface area contributed by atoms with Crippen molar-refractivity contribution in [2.75, 3.05) is 31.1 Å². The van der Waals surface area contributed by atoms with Crippen LogP contribution in [0, 0.1) is 17.2 Å². The molecule has 0 aromatic heterocycles. The maximum absolute atomic E-state index is 12.4. The van der Waals surface area contributed by atoms with E-state index in [2.05, 4.69) is 12.1 Å². The van der Waals surface area contributed by atoms with E-state index in [4.69, 9.17) is 5.26 Å². The van der Waals surface area contributed by atoms with Crippen molar-refractivity contribution in [1.29, 1.82) is 5.26 Å². The number of carbonyl (C=O) groups is 1. The maximum Gasteiger partial charge on any atom is 0.241 e. The van der Waals surface area contributed by atoms with Gasteiger partial charge in [0.25, 0.3) is 0 Å². The van der Waals surface area contributed by atoms with Gasteiger partial charge in [-0.25, -0.2) is 0 Å². The molecule has 106 valence electrons. The molecule has 2 rings (SSSR count). The van der Waals surface area contributed by atoms with E-state index in [1.165, 1.54) is 5.56 Å². The van der Waals surface area contributed by atoms with Crippen LogP contribution in [0.15, 0.2) is 24.3 Å². The monoisotopic (exact) mass is 271 g/mol. The summed E-state index contributed by atoms with van der Waals surface area (Å²) in [4.78, 5) is 16.4. The maximum atomic E-state index is 12.4. The molecule has 0 fully saturated rings. The number of nitriles is 1. The number of likely N-dealkylation sites (N-methyl/N-ethyl adjacent to an activating group) is 1. The highest BCUT2D eigenvalue weighted by Gasteiger charge is 2.25. The van der Waals surface area contributed by atoms with Gasteiger partial charge in [0.1, 0.15) is 0 Å². The molecule has 1 amide bonds. The summed E-state index contributed by atoms with van der Waals surface area (Å²) in [5, 5.41) is 8.88. The zero-order chi connectivity index (χ0) is 14.5. The number of rotatable bonds is 5. The lowest BCUT2D eigenvalue weighted by atomic mass is 10.2. The number of hydrogen-bond acceptors (Lipinski definition) is 3. The summed E-state index contributed by atoms with van der Waals surface area (Å²) in [5.41, 5.74) is 2.29. The van der Waals surface area contributed by atoms with Crippen LogP contribution in [-0.4, -0.2) is 37.0 Å². The van der Waals surface area contributed by atoms with Gasteiger partial charge in [-0.15, -0.1) is 0 Å². The first-order valence-electron chi connectivity index (χ1n) is 7.16.